The highest BCUT2D eigenvalue weighted by atomic mass is 16.3. The van der Waals surface area contributed by atoms with E-state index in [0.29, 0.717) is 0 Å². The van der Waals surface area contributed by atoms with E-state index in [1.165, 1.54) is 32.1 Å². The van der Waals surface area contributed by atoms with E-state index in [9.17, 15) is 0 Å². The summed E-state index contributed by atoms with van der Waals surface area (Å²) >= 11 is 0. The van der Waals surface area contributed by atoms with Gasteiger partial charge < -0.3 is 10.8 Å². The van der Waals surface area contributed by atoms with Crippen LogP contribution in [0.5, 0.6) is 0 Å². The molecule has 0 saturated carbocycles. The van der Waals surface area contributed by atoms with Gasteiger partial charge in [0.1, 0.15) is 0 Å². The summed E-state index contributed by atoms with van der Waals surface area (Å²) in [6.45, 7) is 2.29. The number of rotatable bonds is 10. The van der Waals surface area contributed by atoms with Crippen molar-refractivity contribution in [2.24, 2.45) is 5.73 Å². The van der Waals surface area contributed by atoms with Gasteiger partial charge in [-0.2, -0.15) is 0 Å². The van der Waals surface area contributed by atoms with Crippen molar-refractivity contribution in [3.63, 3.8) is 0 Å². The number of unbranched alkanes of at least 4 members (excludes halogenated alkanes) is 5. The van der Waals surface area contributed by atoms with Crippen molar-refractivity contribution in [3.05, 3.63) is 12.2 Å². The molecule has 0 fully saturated rings. The van der Waals surface area contributed by atoms with Crippen LogP contribution in [0, 0.1) is 0 Å². The average Bonchev–Trinajstić information content (AvgIpc) is 2.26. The molecule has 2 heteroatoms. The minimum Gasteiger partial charge on any atom is -0.395 e. The lowest BCUT2D eigenvalue weighted by molar-refractivity contribution is 0.257. The van der Waals surface area contributed by atoms with Gasteiger partial charge in [-0.1, -0.05) is 44.8 Å². The number of hydrogen-bond acceptors (Lipinski definition) is 2. The molecule has 0 heterocycles. The van der Waals surface area contributed by atoms with E-state index >= 15 is 0 Å². The zero-order valence-electron chi connectivity index (χ0n) is 10.1. The van der Waals surface area contributed by atoms with Gasteiger partial charge in [0.15, 0.2) is 0 Å². The van der Waals surface area contributed by atoms with E-state index in [-0.39, 0.29) is 12.6 Å². The Bertz CT molecular complexity index is 145. The Morgan fingerprint density at radius 3 is 2.40 bits per heavy atom. The third kappa shape index (κ3) is 11.6. The largest absolute Gasteiger partial charge is 0.395 e. The van der Waals surface area contributed by atoms with Gasteiger partial charge in [-0.15, -0.1) is 0 Å². The average molecular weight is 213 g/mol. The highest BCUT2D eigenvalue weighted by Gasteiger charge is 1.98. The maximum atomic E-state index is 8.73. The molecule has 0 aromatic heterocycles. The summed E-state index contributed by atoms with van der Waals surface area (Å²) in [7, 11) is 0. The lowest BCUT2D eigenvalue weighted by Gasteiger charge is -2.06. The van der Waals surface area contributed by atoms with Crippen LogP contribution < -0.4 is 5.73 Å². The Kier molecular flexibility index (Phi) is 11.5. The van der Waals surface area contributed by atoms with Crippen LogP contribution in [0.2, 0.25) is 0 Å². The molecule has 0 spiro atoms. The molecule has 0 radical (unpaired) electrons. The van der Waals surface area contributed by atoms with E-state index in [0.717, 1.165) is 19.3 Å². The zero-order valence-corrected chi connectivity index (χ0v) is 10.1. The third-order valence-corrected chi connectivity index (χ3v) is 2.58. The molecule has 0 aliphatic rings. The van der Waals surface area contributed by atoms with E-state index in [4.69, 9.17) is 10.8 Å². The standard InChI is InChI=1S/C13H27NO/c1-2-3-4-5-6-7-8-9-10-11-13(14)12-15/h3-4,13,15H,2,5-12,14H2,1H3/b4-3-. The van der Waals surface area contributed by atoms with Crippen molar-refractivity contribution >= 4 is 0 Å². The Labute approximate surface area is 94.6 Å². The first-order valence-corrected chi connectivity index (χ1v) is 6.32. The molecule has 0 aliphatic heterocycles. The second-order valence-corrected chi connectivity index (χ2v) is 4.17. The fourth-order valence-corrected chi connectivity index (χ4v) is 1.57. The molecule has 0 aromatic rings. The van der Waals surface area contributed by atoms with Crippen LogP contribution in [0.4, 0.5) is 0 Å². The molecule has 0 aromatic carbocycles. The Hall–Kier alpha value is -0.340. The summed E-state index contributed by atoms with van der Waals surface area (Å²) in [6.07, 6.45) is 14.2. The molecule has 3 N–H and O–H groups in total. The molecule has 0 rings (SSSR count). The van der Waals surface area contributed by atoms with Crippen molar-refractivity contribution < 1.29 is 5.11 Å². The molecule has 1 atom stereocenters. The quantitative estimate of drug-likeness (QED) is 0.433. The molecule has 0 saturated heterocycles. The summed E-state index contributed by atoms with van der Waals surface area (Å²) in [4.78, 5) is 0. The highest BCUT2D eigenvalue weighted by Crippen LogP contribution is 2.08. The molecule has 0 amide bonds. The maximum absolute atomic E-state index is 8.73. The summed E-state index contributed by atoms with van der Waals surface area (Å²) in [5.41, 5.74) is 5.61. The van der Waals surface area contributed by atoms with Crippen molar-refractivity contribution in [1.82, 2.24) is 0 Å². The molecule has 1 unspecified atom stereocenters. The first-order valence-electron chi connectivity index (χ1n) is 6.32. The van der Waals surface area contributed by atoms with Crippen LogP contribution in [-0.4, -0.2) is 17.8 Å². The number of aliphatic hydroxyl groups excluding tert-OH is 1. The fraction of sp³-hybridized carbons (Fsp3) is 0.846. The summed E-state index contributed by atoms with van der Waals surface area (Å²) < 4.78 is 0. The Balaban J connectivity index is 3.02. The van der Waals surface area contributed by atoms with Crippen LogP contribution in [-0.2, 0) is 0 Å². The SMILES string of the molecule is CC/C=C\CCCCCCCC(N)CO. The van der Waals surface area contributed by atoms with Gasteiger partial charge in [0.2, 0.25) is 0 Å². The van der Waals surface area contributed by atoms with Crippen LogP contribution in [0.15, 0.2) is 12.2 Å². The maximum Gasteiger partial charge on any atom is 0.0582 e. The molecular formula is C13H27NO. The van der Waals surface area contributed by atoms with E-state index in [2.05, 4.69) is 19.1 Å². The van der Waals surface area contributed by atoms with Crippen LogP contribution >= 0.6 is 0 Å². The Morgan fingerprint density at radius 1 is 1.07 bits per heavy atom. The van der Waals surface area contributed by atoms with Crippen molar-refractivity contribution in [3.8, 4) is 0 Å². The zero-order chi connectivity index (χ0) is 11.4. The predicted octanol–water partition coefficient (Wildman–Crippen LogP) is 3.00. The molecule has 90 valence electrons. The summed E-state index contributed by atoms with van der Waals surface area (Å²) in [6, 6.07) is -0.00233. The van der Waals surface area contributed by atoms with Crippen molar-refractivity contribution in [2.75, 3.05) is 6.61 Å². The predicted molar refractivity (Wildman–Crippen MR) is 66.8 cm³/mol. The van der Waals surface area contributed by atoms with E-state index in [1.54, 1.807) is 0 Å². The first kappa shape index (κ1) is 14.7. The van der Waals surface area contributed by atoms with Crippen LogP contribution in [0.3, 0.4) is 0 Å². The number of nitrogens with two attached hydrogens (primary N) is 1. The first-order chi connectivity index (χ1) is 7.31. The summed E-state index contributed by atoms with van der Waals surface area (Å²) in [5.74, 6) is 0. The van der Waals surface area contributed by atoms with Gasteiger partial charge in [0.05, 0.1) is 6.61 Å². The molecular weight excluding hydrogens is 186 g/mol. The van der Waals surface area contributed by atoms with Gasteiger partial charge in [0.25, 0.3) is 0 Å². The third-order valence-electron chi connectivity index (χ3n) is 2.58. The lowest BCUT2D eigenvalue weighted by atomic mass is 10.1. The van der Waals surface area contributed by atoms with Crippen LogP contribution in [0.25, 0.3) is 0 Å². The minimum atomic E-state index is -0.00233. The lowest BCUT2D eigenvalue weighted by Crippen LogP contribution is -2.23. The van der Waals surface area contributed by atoms with Gasteiger partial charge in [0, 0.05) is 6.04 Å². The van der Waals surface area contributed by atoms with Crippen LogP contribution in [0.1, 0.15) is 58.3 Å². The second-order valence-electron chi connectivity index (χ2n) is 4.17. The summed E-state index contributed by atoms with van der Waals surface area (Å²) in [5, 5.41) is 8.73. The smallest absolute Gasteiger partial charge is 0.0582 e. The van der Waals surface area contributed by atoms with Crippen molar-refractivity contribution in [2.45, 2.75) is 64.3 Å². The highest BCUT2D eigenvalue weighted by molar-refractivity contribution is 4.79. The number of hydrogen-bond donors (Lipinski definition) is 2. The number of aliphatic hydroxyl groups is 1. The molecule has 15 heavy (non-hydrogen) atoms. The van der Waals surface area contributed by atoms with E-state index < -0.39 is 0 Å². The van der Waals surface area contributed by atoms with Gasteiger partial charge in [-0.25, -0.2) is 0 Å². The van der Waals surface area contributed by atoms with Gasteiger partial charge >= 0.3 is 0 Å². The minimum absolute atomic E-state index is 0.00233. The molecule has 0 bridgehead atoms. The fourth-order valence-electron chi connectivity index (χ4n) is 1.57. The van der Waals surface area contributed by atoms with E-state index in [1.807, 2.05) is 0 Å². The van der Waals surface area contributed by atoms with Gasteiger partial charge in [-0.3, -0.25) is 0 Å². The monoisotopic (exact) mass is 213 g/mol. The number of allylic oxidation sites excluding steroid dienone is 2. The molecule has 2 nitrogen and oxygen atoms in total. The second kappa shape index (κ2) is 11.7. The Morgan fingerprint density at radius 2 is 1.73 bits per heavy atom. The normalized spacial score (nSPS) is 13.5. The van der Waals surface area contributed by atoms with Gasteiger partial charge in [-0.05, 0) is 25.7 Å². The topological polar surface area (TPSA) is 46.2 Å². The molecule has 0 aliphatic carbocycles. The van der Waals surface area contributed by atoms with Crippen molar-refractivity contribution in [1.29, 1.82) is 0 Å².